The van der Waals surface area contributed by atoms with Crippen LogP contribution in [0.5, 0.6) is 0 Å². The van der Waals surface area contributed by atoms with Crippen LogP contribution in [0, 0.1) is 6.92 Å². The van der Waals surface area contributed by atoms with Gasteiger partial charge in [-0.15, -0.1) is 0 Å². The summed E-state index contributed by atoms with van der Waals surface area (Å²) in [5.41, 5.74) is 11.5. The summed E-state index contributed by atoms with van der Waals surface area (Å²) < 4.78 is 3.46. The Morgan fingerprint density at radius 1 is 1.03 bits per heavy atom. The van der Waals surface area contributed by atoms with Gasteiger partial charge in [-0.25, -0.2) is 4.98 Å². The summed E-state index contributed by atoms with van der Waals surface area (Å²) in [6.45, 7) is 2.96. The van der Waals surface area contributed by atoms with Crippen molar-refractivity contribution in [3.05, 3.63) is 71.9 Å². The number of likely N-dealkylation sites (tertiary alicyclic amines) is 1. The van der Waals surface area contributed by atoms with Crippen molar-refractivity contribution in [2.75, 3.05) is 18.8 Å². The molecule has 2 amide bonds. The zero-order chi connectivity index (χ0) is 25.4. The molecule has 10 heteroatoms. The summed E-state index contributed by atoms with van der Waals surface area (Å²) >= 11 is 0. The lowest BCUT2D eigenvalue weighted by molar-refractivity contribution is 0.0783. The van der Waals surface area contributed by atoms with Gasteiger partial charge in [-0.2, -0.15) is 10.2 Å². The highest BCUT2D eigenvalue weighted by Gasteiger charge is 2.29. The molecule has 0 spiro atoms. The van der Waals surface area contributed by atoms with Crippen LogP contribution >= 0.6 is 0 Å². The first kappa shape index (κ1) is 23.3. The zero-order valence-corrected chi connectivity index (χ0v) is 20.5. The molecule has 0 bridgehead atoms. The molecule has 1 aliphatic rings. The molecular formula is C26H28N8O2. The maximum Gasteiger partial charge on any atom is 0.255 e. The number of nitrogens with two attached hydrogens (primary N) is 1. The minimum atomic E-state index is -0.304. The lowest BCUT2D eigenvalue weighted by atomic mass is 10.0. The second-order valence-electron chi connectivity index (χ2n) is 9.15. The van der Waals surface area contributed by atoms with E-state index in [9.17, 15) is 9.59 Å². The van der Waals surface area contributed by atoms with Gasteiger partial charge in [0.1, 0.15) is 5.82 Å². The third-order valence-corrected chi connectivity index (χ3v) is 6.47. The van der Waals surface area contributed by atoms with Crippen LogP contribution in [0.15, 0.2) is 55.1 Å². The number of pyridine rings is 1. The number of aryl methyl sites for hydroxylation is 3. The first-order chi connectivity index (χ1) is 17.3. The average molecular weight is 485 g/mol. The lowest BCUT2D eigenvalue weighted by Gasteiger charge is -2.18. The third kappa shape index (κ3) is 4.57. The van der Waals surface area contributed by atoms with Crippen LogP contribution < -0.4 is 11.1 Å². The Morgan fingerprint density at radius 3 is 2.47 bits per heavy atom. The van der Waals surface area contributed by atoms with E-state index in [2.05, 4.69) is 20.5 Å². The number of rotatable bonds is 5. The molecule has 184 valence electrons. The predicted molar refractivity (Wildman–Crippen MR) is 136 cm³/mol. The Bertz CT molecular complexity index is 1440. The summed E-state index contributed by atoms with van der Waals surface area (Å²) in [5, 5.41) is 11.6. The second-order valence-corrected chi connectivity index (χ2v) is 9.15. The first-order valence-electron chi connectivity index (χ1n) is 11.7. The van der Waals surface area contributed by atoms with Crippen molar-refractivity contribution in [2.24, 2.45) is 14.1 Å². The molecule has 1 fully saturated rings. The van der Waals surface area contributed by atoms with Crippen LogP contribution in [0.25, 0.3) is 22.3 Å². The molecule has 1 saturated heterocycles. The topological polar surface area (TPSA) is 124 Å². The highest BCUT2D eigenvalue weighted by atomic mass is 16.2. The highest BCUT2D eigenvalue weighted by Crippen LogP contribution is 2.24. The van der Waals surface area contributed by atoms with E-state index in [4.69, 9.17) is 5.73 Å². The van der Waals surface area contributed by atoms with Crippen molar-refractivity contribution in [1.29, 1.82) is 0 Å². The van der Waals surface area contributed by atoms with Crippen LogP contribution in [-0.2, 0) is 14.1 Å². The fourth-order valence-corrected chi connectivity index (χ4v) is 4.57. The fourth-order valence-electron chi connectivity index (χ4n) is 4.57. The lowest BCUT2D eigenvalue weighted by Crippen LogP contribution is -2.38. The van der Waals surface area contributed by atoms with Crippen molar-refractivity contribution in [1.82, 2.24) is 34.8 Å². The number of nitrogens with one attached hydrogen (secondary N) is 1. The molecule has 0 radical (unpaired) electrons. The quantitative estimate of drug-likeness (QED) is 0.448. The number of carbonyl (C=O) groups is 2. The fraction of sp³-hybridized carbons (Fsp3) is 0.269. The standard InChI is InChI=1S/C26H28N8O2/c1-16-23(15-33(3)31-16)17-4-6-18(7-5-17)26(36)34-9-8-21(14-34)30-25(35)22-10-19(11-28-24(22)27)20-12-29-32(2)13-20/h4-7,10-13,15,21H,8-9,14H2,1-3H3,(H2,27,28)(H,30,35)/t21-/m1/s1. The molecular weight excluding hydrogens is 456 g/mol. The number of hydrogen-bond acceptors (Lipinski definition) is 6. The van der Waals surface area contributed by atoms with E-state index in [1.54, 1.807) is 32.7 Å². The molecule has 3 N–H and O–H groups in total. The number of nitrogens with zero attached hydrogens (tertiary/aromatic N) is 6. The summed E-state index contributed by atoms with van der Waals surface area (Å²) in [6.07, 6.45) is 7.81. The normalized spacial score (nSPS) is 15.3. The van der Waals surface area contributed by atoms with Crippen molar-refractivity contribution in [2.45, 2.75) is 19.4 Å². The number of anilines is 1. The van der Waals surface area contributed by atoms with Crippen LogP contribution in [0.1, 0.15) is 32.8 Å². The number of benzene rings is 1. The van der Waals surface area contributed by atoms with Crippen molar-refractivity contribution in [3.8, 4) is 22.3 Å². The maximum atomic E-state index is 13.1. The van der Waals surface area contributed by atoms with E-state index in [0.29, 0.717) is 30.6 Å². The Labute approximate surface area is 208 Å². The summed E-state index contributed by atoms with van der Waals surface area (Å²) in [5.74, 6) is -0.197. The van der Waals surface area contributed by atoms with E-state index >= 15 is 0 Å². The molecule has 0 aliphatic carbocycles. The largest absolute Gasteiger partial charge is 0.383 e. The molecule has 4 aromatic rings. The average Bonchev–Trinajstić information content (AvgIpc) is 3.59. The van der Waals surface area contributed by atoms with Crippen molar-refractivity contribution < 1.29 is 9.59 Å². The molecule has 3 aromatic heterocycles. The van der Waals surface area contributed by atoms with Gasteiger partial charge in [-0.05, 0) is 37.1 Å². The van der Waals surface area contributed by atoms with Crippen LogP contribution in [0.4, 0.5) is 5.82 Å². The van der Waals surface area contributed by atoms with Crippen LogP contribution in [-0.4, -0.2) is 60.4 Å². The van der Waals surface area contributed by atoms with Gasteiger partial charge in [0.05, 0.1) is 17.5 Å². The van der Waals surface area contributed by atoms with Crippen molar-refractivity contribution >= 4 is 17.6 Å². The number of nitrogen functional groups attached to an aromatic ring is 1. The van der Waals surface area contributed by atoms with Gasteiger partial charge in [0, 0.05) is 74.1 Å². The molecule has 5 rings (SSSR count). The van der Waals surface area contributed by atoms with Gasteiger partial charge in [0.2, 0.25) is 0 Å². The molecule has 4 heterocycles. The highest BCUT2D eigenvalue weighted by molar-refractivity contribution is 6.00. The van der Waals surface area contributed by atoms with Gasteiger partial charge >= 0.3 is 0 Å². The van der Waals surface area contributed by atoms with E-state index in [1.165, 1.54) is 0 Å². The molecule has 0 saturated carbocycles. The Balaban J connectivity index is 1.23. The Hall–Kier alpha value is -4.47. The zero-order valence-electron chi connectivity index (χ0n) is 20.5. The molecule has 10 nitrogen and oxygen atoms in total. The second kappa shape index (κ2) is 9.29. The number of aromatic nitrogens is 5. The molecule has 0 unspecified atom stereocenters. The maximum absolute atomic E-state index is 13.1. The first-order valence-corrected chi connectivity index (χ1v) is 11.7. The van der Waals surface area contributed by atoms with Crippen LogP contribution in [0.2, 0.25) is 0 Å². The number of hydrogen-bond donors (Lipinski definition) is 2. The van der Waals surface area contributed by atoms with Gasteiger partial charge in [-0.1, -0.05) is 12.1 Å². The minimum Gasteiger partial charge on any atom is -0.383 e. The molecule has 1 aromatic carbocycles. The van der Waals surface area contributed by atoms with Crippen molar-refractivity contribution in [3.63, 3.8) is 0 Å². The van der Waals surface area contributed by atoms with Gasteiger partial charge < -0.3 is 16.0 Å². The van der Waals surface area contributed by atoms with E-state index < -0.39 is 0 Å². The molecule has 1 aliphatic heterocycles. The third-order valence-electron chi connectivity index (χ3n) is 6.47. The SMILES string of the molecule is Cc1nn(C)cc1-c1ccc(C(=O)N2CC[C@@H](NC(=O)c3cc(-c4cnn(C)c4)cnc3N)C2)cc1. The Morgan fingerprint density at radius 2 is 1.81 bits per heavy atom. The summed E-state index contributed by atoms with van der Waals surface area (Å²) in [6, 6.07) is 9.12. The van der Waals surface area contributed by atoms with Gasteiger partial charge in [0.15, 0.2) is 0 Å². The van der Waals surface area contributed by atoms with Gasteiger partial charge in [0.25, 0.3) is 11.8 Å². The summed E-state index contributed by atoms with van der Waals surface area (Å²) in [4.78, 5) is 32.0. The predicted octanol–water partition coefficient (Wildman–Crippen LogP) is 2.42. The van der Waals surface area contributed by atoms with E-state index in [0.717, 1.165) is 27.9 Å². The molecule has 1 atom stereocenters. The number of amides is 2. The van der Waals surface area contributed by atoms with E-state index in [-0.39, 0.29) is 23.7 Å². The summed E-state index contributed by atoms with van der Waals surface area (Å²) in [7, 11) is 3.71. The van der Waals surface area contributed by atoms with E-state index in [1.807, 2.05) is 57.7 Å². The smallest absolute Gasteiger partial charge is 0.255 e. The minimum absolute atomic E-state index is 0.0547. The van der Waals surface area contributed by atoms with Gasteiger partial charge in [-0.3, -0.25) is 19.0 Å². The molecule has 36 heavy (non-hydrogen) atoms. The monoisotopic (exact) mass is 484 g/mol. The number of carbonyl (C=O) groups excluding carboxylic acids is 2. The van der Waals surface area contributed by atoms with Crippen LogP contribution in [0.3, 0.4) is 0 Å². The Kier molecular flexibility index (Phi) is 6.01.